The molecular formula is C87H50N4. The second kappa shape index (κ2) is 19.3. The maximum Gasteiger partial charge on any atom is 0.0972 e. The van der Waals surface area contributed by atoms with Crippen LogP contribution in [0.4, 0.5) is 0 Å². The number of pyridine rings is 4. The van der Waals surface area contributed by atoms with Crippen LogP contribution in [0.25, 0.3) is 197 Å². The summed E-state index contributed by atoms with van der Waals surface area (Å²) in [4.78, 5) is 20.6. The first kappa shape index (κ1) is 50.1. The van der Waals surface area contributed by atoms with Gasteiger partial charge in [0, 0.05) is 45.1 Å². The largest absolute Gasteiger partial charge is 0.254 e. The van der Waals surface area contributed by atoms with Crippen LogP contribution in [0.3, 0.4) is 0 Å². The Kier molecular flexibility index (Phi) is 10.6. The molecule has 0 saturated heterocycles. The van der Waals surface area contributed by atoms with Gasteiger partial charge in [0.25, 0.3) is 0 Å². The van der Waals surface area contributed by atoms with Gasteiger partial charge in [-0.25, -0.2) is 9.97 Å². The molecule has 4 aromatic heterocycles. The van der Waals surface area contributed by atoms with E-state index >= 15 is 0 Å². The number of hydrogen-bond acceptors (Lipinski definition) is 4. The molecule has 20 rings (SSSR count). The van der Waals surface area contributed by atoms with Crippen LogP contribution in [0, 0.1) is 0 Å². The molecule has 4 heteroatoms. The molecule has 0 saturated carbocycles. The fourth-order valence-electron chi connectivity index (χ4n) is 15.7. The Labute approximate surface area is 522 Å². The van der Waals surface area contributed by atoms with Crippen molar-refractivity contribution in [1.82, 2.24) is 19.9 Å². The molecule has 0 bridgehead atoms. The number of aromatic nitrogens is 4. The number of rotatable bonds is 6. The summed E-state index contributed by atoms with van der Waals surface area (Å²) in [6.45, 7) is 0. The first-order chi connectivity index (χ1) is 45.1. The molecule has 418 valence electrons. The summed E-state index contributed by atoms with van der Waals surface area (Å²) in [7, 11) is 0. The minimum absolute atomic E-state index is 0.819. The molecule has 0 fully saturated rings. The highest BCUT2D eigenvalue weighted by molar-refractivity contribution is 6.28. The molecule has 1 aliphatic rings. The van der Waals surface area contributed by atoms with Gasteiger partial charge in [-0.3, -0.25) is 9.97 Å². The van der Waals surface area contributed by atoms with Gasteiger partial charge in [-0.15, -0.1) is 0 Å². The lowest BCUT2D eigenvalue weighted by atomic mass is 9.89. The van der Waals surface area contributed by atoms with Crippen LogP contribution in [0.2, 0.25) is 0 Å². The Balaban J connectivity index is 0.638. The van der Waals surface area contributed by atoms with Gasteiger partial charge < -0.3 is 0 Å². The molecule has 0 unspecified atom stereocenters. The molecule has 0 atom stereocenters. The van der Waals surface area contributed by atoms with Crippen molar-refractivity contribution >= 4 is 130 Å². The van der Waals surface area contributed by atoms with Gasteiger partial charge in [-0.05, 0) is 191 Å². The number of benzene rings is 15. The zero-order chi connectivity index (χ0) is 59.4. The van der Waals surface area contributed by atoms with Gasteiger partial charge in [0.2, 0.25) is 0 Å². The highest BCUT2D eigenvalue weighted by Crippen LogP contribution is 2.51. The summed E-state index contributed by atoms with van der Waals surface area (Å²) in [6, 6.07) is 103. The van der Waals surface area contributed by atoms with Gasteiger partial charge >= 0.3 is 0 Å². The van der Waals surface area contributed by atoms with Crippen LogP contribution in [0.5, 0.6) is 0 Å². The van der Waals surface area contributed by atoms with E-state index in [1.807, 2.05) is 18.5 Å². The van der Waals surface area contributed by atoms with Crippen LogP contribution >= 0.6 is 0 Å². The smallest absolute Gasteiger partial charge is 0.0972 e. The summed E-state index contributed by atoms with van der Waals surface area (Å²) in [5, 5.41) is 24.3. The third-order valence-electron chi connectivity index (χ3n) is 19.8. The van der Waals surface area contributed by atoms with Crippen LogP contribution in [0.15, 0.2) is 291 Å². The third kappa shape index (κ3) is 7.51. The molecule has 0 N–H and O–H groups in total. The first-order valence-corrected chi connectivity index (χ1v) is 31.4. The standard InChI is InChI=1S/C87H50N4/c1-5-17-62-58(13-1)57(54-28-34-67-61-16-3-2-14-59(61)60-15-4-6-18-63(60)79(67)47-54)36-37-70(62)81-41-31-56-49-76(75-23-11-43-89-87(75)86(56)91-81)55-29-35-68-66-32-24-50(45-77(66)64-19-7-8-20-65(64)80(68)48-55)44-51-25-33-69-72-21-9-22-73-71(38-39-74(83(72)73)78(69)46-51)82-40-30-53-27-26-52-12-10-42-88-84(52)85(53)90-82/h1-43,45-49H,44H2. The number of nitrogens with zero attached hydrogens (tertiary/aromatic N) is 4. The lowest BCUT2D eigenvalue weighted by molar-refractivity contribution is 1.20. The number of hydrogen-bond donors (Lipinski definition) is 0. The molecule has 15 aromatic carbocycles. The van der Waals surface area contributed by atoms with Gasteiger partial charge in [0.1, 0.15) is 0 Å². The minimum atomic E-state index is 0.819. The first-order valence-electron chi connectivity index (χ1n) is 31.4. The lowest BCUT2D eigenvalue weighted by Crippen LogP contribution is -1.93. The van der Waals surface area contributed by atoms with Gasteiger partial charge in [0.05, 0.1) is 33.5 Å². The van der Waals surface area contributed by atoms with Crippen molar-refractivity contribution in [2.24, 2.45) is 0 Å². The van der Waals surface area contributed by atoms with Crippen molar-refractivity contribution < 1.29 is 0 Å². The second-order valence-electron chi connectivity index (χ2n) is 24.7. The van der Waals surface area contributed by atoms with Crippen LogP contribution < -0.4 is 0 Å². The molecule has 0 aliphatic heterocycles. The van der Waals surface area contributed by atoms with E-state index in [-0.39, 0.29) is 0 Å². The Bertz CT molecular complexity index is 6380. The normalized spacial score (nSPS) is 12.2. The summed E-state index contributed by atoms with van der Waals surface area (Å²) in [6.07, 6.45) is 4.58. The van der Waals surface area contributed by atoms with Gasteiger partial charge in [-0.1, -0.05) is 237 Å². The Morgan fingerprint density at radius 2 is 0.648 bits per heavy atom. The zero-order valence-corrected chi connectivity index (χ0v) is 49.2. The molecule has 0 spiro atoms. The molecule has 19 aromatic rings. The minimum Gasteiger partial charge on any atom is -0.254 e. The highest BCUT2D eigenvalue weighted by atomic mass is 14.8. The van der Waals surface area contributed by atoms with Crippen LogP contribution in [-0.4, -0.2) is 19.9 Å². The fraction of sp³-hybridized carbons (Fsp3) is 0.0115. The van der Waals surface area contributed by atoms with Crippen molar-refractivity contribution in [2.45, 2.75) is 6.42 Å². The molecular weight excluding hydrogens is 1100 g/mol. The van der Waals surface area contributed by atoms with E-state index in [1.54, 1.807) is 0 Å². The van der Waals surface area contributed by atoms with Crippen molar-refractivity contribution in [3.63, 3.8) is 0 Å². The summed E-state index contributed by atoms with van der Waals surface area (Å²) < 4.78 is 0. The maximum absolute atomic E-state index is 5.52. The third-order valence-corrected chi connectivity index (χ3v) is 19.8. The average molecular weight is 1150 g/mol. The second-order valence-corrected chi connectivity index (χ2v) is 24.7. The molecule has 91 heavy (non-hydrogen) atoms. The van der Waals surface area contributed by atoms with Crippen molar-refractivity contribution in [3.8, 4) is 67.0 Å². The topological polar surface area (TPSA) is 51.6 Å². The molecule has 4 heterocycles. The predicted octanol–water partition coefficient (Wildman–Crippen LogP) is 23.0. The van der Waals surface area contributed by atoms with Crippen molar-refractivity contribution in [3.05, 3.63) is 303 Å². The summed E-state index contributed by atoms with van der Waals surface area (Å²) in [5.41, 5.74) is 20.2. The van der Waals surface area contributed by atoms with E-state index < -0.39 is 0 Å². The monoisotopic (exact) mass is 1150 g/mol. The van der Waals surface area contributed by atoms with E-state index in [0.717, 1.165) is 83.7 Å². The van der Waals surface area contributed by atoms with Crippen molar-refractivity contribution in [2.75, 3.05) is 0 Å². The quantitative estimate of drug-likeness (QED) is 0.156. The average Bonchev–Trinajstić information content (AvgIpc) is 2.19. The van der Waals surface area contributed by atoms with E-state index in [4.69, 9.17) is 19.9 Å². The molecule has 0 radical (unpaired) electrons. The Morgan fingerprint density at radius 3 is 1.33 bits per heavy atom. The SMILES string of the molecule is c1cnc2c(c1)ccc1ccc(-c3ccc4c5c(cccc35)-c3ccc(Cc5ccc6c7ccc(-c8cc9ccc(-c%10ccc(-c%11ccc%12c%13ccccc%13c%13ccccc%13c%12c%11)c%11ccccc%10%11)nc9c9ncccc89)cc7c7ccccc7c6c5)cc3-4)nc12. The molecule has 4 nitrogen and oxygen atoms in total. The van der Waals surface area contributed by atoms with Crippen molar-refractivity contribution in [1.29, 1.82) is 0 Å². The highest BCUT2D eigenvalue weighted by Gasteiger charge is 2.25. The fourth-order valence-corrected chi connectivity index (χ4v) is 15.7. The van der Waals surface area contributed by atoms with E-state index in [0.29, 0.717) is 0 Å². The van der Waals surface area contributed by atoms with Crippen LogP contribution in [0.1, 0.15) is 11.1 Å². The van der Waals surface area contributed by atoms with Gasteiger partial charge in [0.15, 0.2) is 0 Å². The summed E-state index contributed by atoms with van der Waals surface area (Å²) >= 11 is 0. The number of fused-ring (bicyclic) bond motifs is 22. The maximum atomic E-state index is 5.52. The van der Waals surface area contributed by atoms with Gasteiger partial charge in [-0.2, -0.15) is 0 Å². The Morgan fingerprint density at radius 1 is 0.209 bits per heavy atom. The zero-order valence-electron chi connectivity index (χ0n) is 49.2. The Hall–Kier alpha value is -12.0. The van der Waals surface area contributed by atoms with E-state index in [2.05, 4.69) is 273 Å². The lowest BCUT2D eigenvalue weighted by Gasteiger charge is -2.16. The molecule has 1 aliphatic carbocycles. The molecule has 0 amide bonds. The van der Waals surface area contributed by atoms with E-state index in [1.165, 1.54) is 131 Å². The summed E-state index contributed by atoms with van der Waals surface area (Å²) in [5.74, 6) is 0. The van der Waals surface area contributed by atoms with E-state index in [9.17, 15) is 0 Å². The van der Waals surface area contributed by atoms with Crippen LogP contribution in [-0.2, 0) is 6.42 Å². The predicted molar refractivity (Wildman–Crippen MR) is 383 cm³/mol.